The predicted octanol–water partition coefficient (Wildman–Crippen LogP) is 2.23. The molecule has 2 heterocycles. The van der Waals surface area contributed by atoms with Gasteiger partial charge < -0.3 is 14.4 Å². The fraction of sp³-hybridized carbons (Fsp3) is 0.562. The van der Waals surface area contributed by atoms with Gasteiger partial charge in [-0.3, -0.25) is 4.79 Å². The first-order valence-corrected chi connectivity index (χ1v) is 7.35. The van der Waals surface area contributed by atoms with E-state index in [1.807, 2.05) is 42.2 Å². The van der Waals surface area contributed by atoms with Crippen molar-refractivity contribution in [2.45, 2.75) is 31.9 Å². The molecule has 2 fully saturated rings. The highest BCUT2D eigenvalue weighted by molar-refractivity contribution is 5.96. The smallest absolute Gasteiger partial charge is 0.233 e. The molecule has 4 heteroatoms. The van der Waals surface area contributed by atoms with Crippen molar-refractivity contribution in [1.82, 2.24) is 0 Å². The maximum atomic E-state index is 12.9. The van der Waals surface area contributed by atoms with E-state index in [4.69, 9.17) is 9.47 Å². The van der Waals surface area contributed by atoms with Crippen LogP contribution in [-0.4, -0.2) is 37.9 Å². The average molecular weight is 275 g/mol. The van der Waals surface area contributed by atoms with Crippen LogP contribution in [0.25, 0.3) is 0 Å². The summed E-state index contributed by atoms with van der Waals surface area (Å²) in [7, 11) is 0. The molecule has 0 saturated carbocycles. The van der Waals surface area contributed by atoms with Crippen LogP contribution in [0.2, 0.25) is 0 Å². The van der Waals surface area contributed by atoms with Crippen molar-refractivity contribution in [3.8, 4) is 0 Å². The number of ether oxygens (including phenoxy) is 2. The van der Waals surface area contributed by atoms with E-state index in [2.05, 4.69) is 0 Å². The van der Waals surface area contributed by atoms with Crippen LogP contribution in [-0.2, 0) is 14.3 Å². The van der Waals surface area contributed by atoms with Gasteiger partial charge in [-0.2, -0.15) is 0 Å². The monoisotopic (exact) mass is 275 g/mol. The van der Waals surface area contributed by atoms with Crippen molar-refractivity contribution < 1.29 is 14.3 Å². The predicted molar refractivity (Wildman–Crippen MR) is 76.7 cm³/mol. The summed E-state index contributed by atoms with van der Waals surface area (Å²) < 4.78 is 11.0. The highest BCUT2D eigenvalue weighted by atomic mass is 16.5. The molecule has 3 atom stereocenters. The Morgan fingerprint density at radius 1 is 1.20 bits per heavy atom. The van der Waals surface area contributed by atoms with Gasteiger partial charge in [-0.1, -0.05) is 18.2 Å². The van der Waals surface area contributed by atoms with Gasteiger partial charge in [0.25, 0.3) is 0 Å². The summed E-state index contributed by atoms with van der Waals surface area (Å²) in [6.07, 6.45) is 1.73. The lowest BCUT2D eigenvalue weighted by Gasteiger charge is -2.31. The van der Waals surface area contributed by atoms with E-state index < -0.39 is 0 Å². The number of carbonyl (C=O) groups excluding carboxylic acids is 1. The minimum absolute atomic E-state index is 0.0102. The van der Waals surface area contributed by atoms with Crippen molar-refractivity contribution in [2.75, 3.05) is 24.7 Å². The molecule has 108 valence electrons. The van der Waals surface area contributed by atoms with E-state index in [1.54, 1.807) is 0 Å². The summed E-state index contributed by atoms with van der Waals surface area (Å²) in [5.41, 5.74) is 0.965. The Kier molecular flexibility index (Phi) is 4.03. The Bertz CT molecular complexity index is 456. The van der Waals surface area contributed by atoms with Crippen LogP contribution in [0.4, 0.5) is 5.69 Å². The van der Waals surface area contributed by atoms with Gasteiger partial charge in [0.1, 0.15) is 0 Å². The highest BCUT2D eigenvalue weighted by Gasteiger charge is 2.38. The number of nitrogens with zero attached hydrogens (tertiary/aromatic N) is 1. The molecular weight excluding hydrogens is 254 g/mol. The zero-order valence-electron chi connectivity index (χ0n) is 11.8. The lowest BCUT2D eigenvalue weighted by atomic mass is 9.99. The maximum absolute atomic E-state index is 12.9. The summed E-state index contributed by atoms with van der Waals surface area (Å²) in [6, 6.07) is 10.1. The van der Waals surface area contributed by atoms with E-state index in [0.29, 0.717) is 13.2 Å². The van der Waals surface area contributed by atoms with Crippen LogP contribution in [0.5, 0.6) is 0 Å². The first-order valence-electron chi connectivity index (χ1n) is 7.35. The first kappa shape index (κ1) is 13.6. The van der Waals surface area contributed by atoms with Crippen molar-refractivity contribution in [3.05, 3.63) is 30.3 Å². The molecule has 0 spiro atoms. The number of amides is 1. The molecule has 1 aromatic rings. The van der Waals surface area contributed by atoms with Crippen molar-refractivity contribution in [1.29, 1.82) is 0 Å². The summed E-state index contributed by atoms with van der Waals surface area (Å²) in [4.78, 5) is 14.9. The second-order valence-corrected chi connectivity index (χ2v) is 5.53. The third-order valence-corrected chi connectivity index (χ3v) is 4.24. The minimum Gasteiger partial charge on any atom is -0.379 e. The first-order chi connectivity index (χ1) is 9.77. The van der Waals surface area contributed by atoms with Gasteiger partial charge in [-0.15, -0.1) is 0 Å². The summed E-state index contributed by atoms with van der Waals surface area (Å²) >= 11 is 0. The van der Waals surface area contributed by atoms with Crippen LogP contribution in [0.3, 0.4) is 0 Å². The molecule has 0 aromatic heterocycles. The molecule has 1 aromatic carbocycles. The van der Waals surface area contributed by atoms with E-state index >= 15 is 0 Å². The summed E-state index contributed by atoms with van der Waals surface area (Å²) in [6.45, 7) is 4.03. The van der Waals surface area contributed by atoms with Crippen molar-refractivity contribution in [3.63, 3.8) is 0 Å². The molecule has 0 radical (unpaired) electrons. The van der Waals surface area contributed by atoms with Gasteiger partial charge >= 0.3 is 0 Å². The van der Waals surface area contributed by atoms with Crippen molar-refractivity contribution >= 4 is 11.6 Å². The number of carbonyl (C=O) groups is 1. The Labute approximate surface area is 119 Å². The van der Waals surface area contributed by atoms with E-state index in [0.717, 1.165) is 25.1 Å². The van der Waals surface area contributed by atoms with E-state index in [9.17, 15) is 4.79 Å². The molecule has 20 heavy (non-hydrogen) atoms. The number of benzene rings is 1. The highest BCUT2D eigenvalue weighted by Crippen LogP contribution is 2.29. The quantitative estimate of drug-likeness (QED) is 0.849. The Balaban J connectivity index is 1.87. The number of hydrogen-bond donors (Lipinski definition) is 0. The second kappa shape index (κ2) is 5.94. The Morgan fingerprint density at radius 2 is 2.00 bits per heavy atom. The number of hydrogen-bond acceptors (Lipinski definition) is 3. The number of rotatable bonds is 3. The normalized spacial score (nSPS) is 29.6. The van der Waals surface area contributed by atoms with Gasteiger partial charge in [0, 0.05) is 18.9 Å². The lowest BCUT2D eigenvalue weighted by Crippen LogP contribution is -2.45. The molecule has 0 N–H and O–H groups in total. The van der Waals surface area contributed by atoms with E-state index in [1.165, 1.54) is 0 Å². The van der Waals surface area contributed by atoms with Gasteiger partial charge in [0.2, 0.25) is 5.91 Å². The van der Waals surface area contributed by atoms with Crippen molar-refractivity contribution in [2.24, 2.45) is 5.92 Å². The van der Waals surface area contributed by atoms with Crippen LogP contribution in [0, 0.1) is 5.92 Å². The molecule has 3 rings (SSSR count). The second-order valence-electron chi connectivity index (χ2n) is 5.53. The molecule has 4 nitrogen and oxygen atoms in total. The molecule has 1 amide bonds. The average Bonchev–Trinajstić information content (AvgIpc) is 3.12. The zero-order valence-corrected chi connectivity index (χ0v) is 11.8. The molecule has 2 saturated heterocycles. The van der Waals surface area contributed by atoms with Gasteiger partial charge in [-0.25, -0.2) is 0 Å². The van der Waals surface area contributed by atoms with Crippen LogP contribution < -0.4 is 4.90 Å². The number of anilines is 1. The molecule has 2 aliphatic rings. The fourth-order valence-corrected chi connectivity index (χ4v) is 3.07. The van der Waals surface area contributed by atoms with Crippen LogP contribution in [0.15, 0.2) is 30.3 Å². The zero-order chi connectivity index (χ0) is 13.9. The Morgan fingerprint density at radius 3 is 2.60 bits per heavy atom. The third kappa shape index (κ3) is 2.58. The summed E-state index contributed by atoms with van der Waals surface area (Å²) in [5.74, 6) is 0.146. The van der Waals surface area contributed by atoms with Gasteiger partial charge in [0.05, 0.1) is 24.7 Å². The molecular formula is C16H21NO3. The van der Waals surface area contributed by atoms with Gasteiger partial charge in [-0.05, 0) is 31.9 Å². The maximum Gasteiger partial charge on any atom is 0.233 e. The van der Waals surface area contributed by atoms with Gasteiger partial charge in [0.15, 0.2) is 0 Å². The molecule has 0 aliphatic carbocycles. The largest absolute Gasteiger partial charge is 0.379 e. The molecule has 0 bridgehead atoms. The summed E-state index contributed by atoms with van der Waals surface area (Å²) in [5, 5.41) is 0. The Hall–Kier alpha value is -1.39. The minimum atomic E-state index is -0.0317. The molecule has 2 aliphatic heterocycles. The number of para-hydroxylation sites is 1. The molecule has 0 unspecified atom stereocenters. The SMILES string of the molecule is C[C@@H]1OCC[C@@H]1C(=O)N(c1ccccc1)[C@@H]1CCOC1. The third-order valence-electron chi connectivity index (χ3n) is 4.24. The van der Waals surface area contributed by atoms with Crippen LogP contribution >= 0.6 is 0 Å². The standard InChI is InChI=1S/C16H21NO3/c1-12-15(8-10-20-12)16(18)17(14-7-9-19-11-14)13-5-3-2-4-6-13/h2-6,12,14-15H,7-11H2,1H3/t12-,14+,15-/m0/s1. The fourth-order valence-electron chi connectivity index (χ4n) is 3.07. The van der Waals surface area contributed by atoms with E-state index in [-0.39, 0.29) is 24.0 Å². The topological polar surface area (TPSA) is 38.8 Å². The van der Waals surface area contributed by atoms with Crippen LogP contribution in [0.1, 0.15) is 19.8 Å². The lowest BCUT2D eigenvalue weighted by molar-refractivity contribution is -0.124.